The van der Waals surface area contributed by atoms with E-state index in [0.29, 0.717) is 51.1 Å². The fraction of sp³-hybridized carbons (Fsp3) is 0.684. The molecule has 160 valence electrons. The first-order valence-electron chi connectivity index (χ1n) is 9.90. The van der Waals surface area contributed by atoms with Crippen LogP contribution in [0.15, 0.2) is 11.0 Å². The lowest BCUT2D eigenvalue weighted by molar-refractivity contribution is -0.140. The lowest BCUT2D eigenvalue weighted by Crippen LogP contribution is -2.49. The summed E-state index contributed by atoms with van der Waals surface area (Å²) in [5.74, 6) is 0.137. The number of hydrogen-bond acceptors (Lipinski definition) is 6. The Morgan fingerprint density at radius 3 is 2.59 bits per heavy atom. The second-order valence-corrected chi connectivity index (χ2v) is 9.00. The molecule has 0 radical (unpaired) electrons. The SMILES string of the molecule is CC(C)(C)C(=O)N1CCC(NC(=O)O[C@@H]2CCN(c3cn[nH]c(=O)c3Cl)C2)CC1. The predicted octanol–water partition coefficient (Wildman–Crippen LogP) is 1.77. The van der Waals surface area contributed by atoms with Crippen LogP contribution in [-0.4, -0.2) is 65.4 Å². The molecule has 10 heteroatoms. The zero-order valence-corrected chi connectivity index (χ0v) is 17.8. The number of aromatic nitrogens is 2. The summed E-state index contributed by atoms with van der Waals surface area (Å²) < 4.78 is 5.54. The largest absolute Gasteiger partial charge is 0.444 e. The molecule has 9 nitrogen and oxygen atoms in total. The Labute approximate surface area is 174 Å². The zero-order valence-electron chi connectivity index (χ0n) is 17.0. The van der Waals surface area contributed by atoms with Gasteiger partial charge in [-0.15, -0.1) is 0 Å². The maximum absolute atomic E-state index is 12.3. The molecule has 1 atom stereocenters. The highest BCUT2D eigenvalue weighted by atomic mass is 35.5. The van der Waals surface area contributed by atoms with Crippen molar-refractivity contribution in [2.75, 3.05) is 31.1 Å². The third-order valence-electron chi connectivity index (χ3n) is 5.28. The first-order chi connectivity index (χ1) is 13.6. The van der Waals surface area contributed by atoms with Gasteiger partial charge in [-0.3, -0.25) is 9.59 Å². The second kappa shape index (κ2) is 8.61. The van der Waals surface area contributed by atoms with Gasteiger partial charge in [-0.05, 0) is 12.8 Å². The van der Waals surface area contributed by atoms with Gasteiger partial charge in [-0.2, -0.15) is 5.10 Å². The molecule has 0 aliphatic carbocycles. The van der Waals surface area contributed by atoms with Gasteiger partial charge in [0, 0.05) is 37.5 Å². The molecule has 0 aromatic carbocycles. The Balaban J connectivity index is 1.45. The number of rotatable bonds is 3. The molecular weight excluding hydrogens is 398 g/mol. The highest BCUT2D eigenvalue weighted by Crippen LogP contribution is 2.26. The highest BCUT2D eigenvalue weighted by molar-refractivity contribution is 6.33. The number of likely N-dealkylation sites (tertiary alicyclic amines) is 1. The molecule has 2 N–H and O–H groups in total. The van der Waals surface area contributed by atoms with E-state index in [9.17, 15) is 14.4 Å². The molecule has 2 fully saturated rings. The van der Waals surface area contributed by atoms with E-state index in [2.05, 4.69) is 15.5 Å². The van der Waals surface area contributed by atoms with Gasteiger partial charge in [0.2, 0.25) is 5.91 Å². The van der Waals surface area contributed by atoms with Crippen LogP contribution < -0.4 is 15.8 Å². The van der Waals surface area contributed by atoms with Crippen molar-refractivity contribution in [2.24, 2.45) is 5.41 Å². The first-order valence-corrected chi connectivity index (χ1v) is 10.3. The molecular formula is C19H28ClN5O4. The summed E-state index contributed by atoms with van der Waals surface area (Å²) in [4.78, 5) is 40.0. The topological polar surface area (TPSA) is 108 Å². The molecule has 0 saturated carbocycles. The average Bonchev–Trinajstić information content (AvgIpc) is 3.11. The molecule has 0 spiro atoms. The van der Waals surface area contributed by atoms with Gasteiger partial charge in [-0.25, -0.2) is 9.89 Å². The predicted molar refractivity (Wildman–Crippen MR) is 109 cm³/mol. The normalized spacial score (nSPS) is 20.6. The molecule has 0 bridgehead atoms. The van der Waals surface area contributed by atoms with Crippen LogP contribution in [0.5, 0.6) is 0 Å². The number of H-pyrrole nitrogens is 1. The minimum Gasteiger partial charge on any atom is -0.444 e. The number of nitrogens with zero attached hydrogens (tertiary/aromatic N) is 3. The molecule has 2 aliphatic heterocycles. The van der Waals surface area contributed by atoms with Gasteiger partial charge in [0.1, 0.15) is 11.1 Å². The van der Waals surface area contributed by atoms with Gasteiger partial charge in [0.05, 0.1) is 18.4 Å². The number of hydrogen-bond donors (Lipinski definition) is 2. The van der Waals surface area contributed by atoms with E-state index in [0.717, 1.165) is 0 Å². The summed E-state index contributed by atoms with van der Waals surface area (Å²) in [5.41, 5.74) is -0.296. The quantitative estimate of drug-likeness (QED) is 0.764. The van der Waals surface area contributed by atoms with Crippen molar-refractivity contribution in [3.63, 3.8) is 0 Å². The van der Waals surface area contributed by atoms with Crippen molar-refractivity contribution in [3.05, 3.63) is 21.6 Å². The smallest absolute Gasteiger partial charge is 0.407 e. The number of aromatic amines is 1. The maximum Gasteiger partial charge on any atom is 0.407 e. The van der Waals surface area contributed by atoms with E-state index in [1.807, 2.05) is 30.6 Å². The number of alkyl carbamates (subject to hydrolysis) is 1. The minimum absolute atomic E-state index is 0.00430. The van der Waals surface area contributed by atoms with Crippen molar-refractivity contribution in [1.29, 1.82) is 0 Å². The van der Waals surface area contributed by atoms with Crippen molar-refractivity contribution in [3.8, 4) is 0 Å². The van der Waals surface area contributed by atoms with Gasteiger partial charge < -0.3 is 19.9 Å². The molecule has 1 aromatic rings. The van der Waals surface area contributed by atoms with Gasteiger partial charge in [-0.1, -0.05) is 32.4 Å². The summed E-state index contributed by atoms with van der Waals surface area (Å²) in [6, 6.07) is -0.00430. The summed E-state index contributed by atoms with van der Waals surface area (Å²) >= 11 is 6.04. The maximum atomic E-state index is 12.3. The van der Waals surface area contributed by atoms with Crippen LogP contribution in [0.4, 0.5) is 10.5 Å². The summed E-state index contributed by atoms with van der Waals surface area (Å²) in [7, 11) is 0. The van der Waals surface area contributed by atoms with Crippen LogP contribution in [-0.2, 0) is 9.53 Å². The number of nitrogens with one attached hydrogen (secondary N) is 2. The van der Waals surface area contributed by atoms with Crippen molar-refractivity contribution < 1.29 is 14.3 Å². The van der Waals surface area contributed by atoms with Crippen molar-refractivity contribution in [2.45, 2.75) is 52.2 Å². The van der Waals surface area contributed by atoms with Crippen molar-refractivity contribution >= 4 is 29.3 Å². The van der Waals surface area contributed by atoms with E-state index >= 15 is 0 Å². The Hall–Kier alpha value is -2.29. The molecule has 3 heterocycles. The van der Waals surface area contributed by atoms with Gasteiger partial charge in [0.15, 0.2) is 0 Å². The fourth-order valence-corrected chi connectivity index (χ4v) is 3.90. The third-order valence-corrected chi connectivity index (χ3v) is 5.65. The molecule has 0 unspecified atom stereocenters. The van der Waals surface area contributed by atoms with Crippen molar-refractivity contribution in [1.82, 2.24) is 20.4 Å². The minimum atomic E-state index is -0.451. The van der Waals surface area contributed by atoms with E-state index in [1.54, 1.807) is 0 Å². The summed E-state index contributed by atoms with van der Waals surface area (Å²) in [5, 5.41) is 9.05. The fourth-order valence-electron chi connectivity index (χ4n) is 3.69. The number of piperidine rings is 1. The molecule has 2 amide bonds. The van der Waals surface area contributed by atoms with Crippen LogP contribution in [0.2, 0.25) is 5.02 Å². The Morgan fingerprint density at radius 1 is 1.24 bits per heavy atom. The Bertz CT molecular complexity index is 814. The lowest BCUT2D eigenvalue weighted by Gasteiger charge is -2.35. The van der Waals surface area contributed by atoms with E-state index in [-0.39, 0.29) is 23.1 Å². The van der Waals surface area contributed by atoms with Crippen LogP contribution in [0.3, 0.4) is 0 Å². The van der Waals surface area contributed by atoms with Gasteiger partial charge >= 0.3 is 6.09 Å². The number of carbonyl (C=O) groups excluding carboxylic acids is 2. The van der Waals surface area contributed by atoms with Crippen LogP contribution >= 0.6 is 11.6 Å². The van der Waals surface area contributed by atoms with Crippen LogP contribution in [0, 0.1) is 5.41 Å². The number of carbonyl (C=O) groups is 2. The number of halogens is 1. The molecule has 2 aliphatic rings. The lowest BCUT2D eigenvalue weighted by atomic mass is 9.93. The summed E-state index contributed by atoms with van der Waals surface area (Å²) in [6.07, 6.45) is 2.83. The molecule has 2 saturated heterocycles. The van der Waals surface area contributed by atoms with E-state index in [4.69, 9.17) is 16.3 Å². The van der Waals surface area contributed by atoms with Gasteiger partial charge in [0.25, 0.3) is 5.56 Å². The van der Waals surface area contributed by atoms with E-state index < -0.39 is 17.1 Å². The zero-order chi connectivity index (χ0) is 21.2. The standard InChI is InChI=1S/C19H28ClN5O4/c1-19(2,3)17(27)24-7-4-12(5-8-24)22-18(28)29-13-6-9-25(11-13)14-10-21-23-16(26)15(14)20/h10,12-13H,4-9,11H2,1-3H3,(H,22,28)(H,23,26)/t13-/m1/s1. The highest BCUT2D eigenvalue weighted by Gasteiger charge is 2.32. The number of amides is 2. The first kappa shape index (κ1) is 21.4. The second-order valence-electron chi connectivity index (χ2n) is 8.62. The number of ether oxygens (including phenoxy) is 1. The van der Waals surface area contributed by atoms with Crippen LogP contribution in [0.25, 0.3) is 0 Å². The van der Waals surface area contributed by atoms with E-state index in [1.165, 1.54) is 6.20 Å². The Morgan fingerprint density at radius 2 is 1.93 bits per heavy atom. The molecule has 29 heavy (non-hydrogen) atoms. The Kier molecular flexibility index (Phi) is 6.36. The average molecular weight is 426 g/mol. The number of anilines is 1. The summed E-state index contributed by atoms with van der Waals surface area (Å²) in [6.45, 7) is 8.08. The third kappa shape index (κ3) is 5.20. The molecule has 1 aromatic heterocycles. The van der Waals surface area contributed by atoms with Crippen LogP contribution in [0.1, 0.15) is 40.0 Å². The monoisotopic (exact) mass is 425 g/mol. The molecule has 3 rings (SSSR count).